The summed E-state index contributed by atoms with van der Waals surface area (Å²) in [7, 11) is -4.76. The van der Waals surface area contributed by atoms with Gasteiger partial charge in [0.1, 0.15) is 12.7 Å². The van der Waals surface area contributed by atoms with Gasteiger partial charge >= 0.3 is 25.7 Å². The van der Waals surface area contributed by atoms with Gasteiger partial charge in [-0.3, -0.25) is 23.4 Å². The zero-order valence-corrected chi connectivity index (χ0v) is 43.4. The Bertz CT molecular complexity index is 1510. The van der Waals surface area contributed by atoms with Gasteiger partial charge in [-0.15, -0.1) is 0 Å². The molecule has 11 nitrogen and oxygen atoms in total. The Morgan fingerprint density at radius 1 is 0.426 bits per heavy atom. The number of carbonyl (C=O) groups is 3. The Morgan fingerprint density at radius 3 is 1.18 bits per heavy atom. The smallest absolute Gasteiger partial charge is 0.462 e. The fraction of sp³-hybridized carbons (Fsp3) is 0.661. The molecule has 0 aromatic rings. The summed E-state index contributed by atoms with van der Waals surface area (Å²) >= 11 is 0. The van der Waals surface area contributed by atoms with Crippen LogP contribution in [0.2, 0.25) is 0 Å². The Balaban J connectivity index is 4.83. The van der Waals surface area contributed by atoms with Crippen LogP contribution in [0.1, 0.15) is 201 Å². The first-order valence-corrected chi connectivity index (χ1v) is 27.6. The number of unbranched alkanes of at least 4 members (excludes halogenated alkanes) is 14. The molecule has 0 rings (SSSR count). The van der Waals surface area contributed by atoms with Crippen LogP contribution >= 0.6 is 7.82 Å². The van der Waals surface area contributed by atoms with Crippen molar-refractivity contribution in [2.24, 2.45) is 0 Å². The van der Waals surface area contributed by atoms with Gasteiger partial charge in [-0.1, -0.05) is 182 Å². The number of aliphatic hydroxyl groups is 1. The van der Waals surface area contributed by atoms with Crippen LogP contribution in [0.3, 0.4) is 0 Å². The lowest BCUT2D eigenvalue weighted by atomic mass is 10.1. The van der Waals surface area contributed by atoms with E-state index in [1.807, 2.05) is 0 Å². The highest BCUT2D eigenvalue weighted by Crippen LogP contribution is 2.43. The van der Waals surface area contributed by atoms with Crippen LogP contribution in [0, 0.1) is 0 Å². The summed E-state index contributed by atoms with van der Waals surface area (Å²) < 4.78 is 39.2. The van der Waals surface area contributed by atoms with Crippen LogP contribution < -0.4 is 0 Å². The molecule has 68 heavy (non-hydrogen) atoms. The molecular weight excluding hydrogens is 880 g/mol. The lowest BCUT2D eigenvalue weighted by Crippen LogP contribution is -2.30. The van der Waals surface area contributed by atoms with Gasteiger partial charge in [-0.05, 0) is 96.3 Å². The Morgan fingerprint density at radius 2 is 0.765 bits per heavy atom. The molecule has 12 heteroatoms. The quantitative estimate of drug-likeness (QED) is 0.0197. The average molecular weight is 973 g/mol. The molecule has 3 atom stereocenters. The average Bonchev–Trinajstić information content (AvgIpc) is 3.32. The van der Waals surface area contributed by atoms with Gasteiger partial charge in [-0.25, -0.2) is 4.57 Å². The molecular formula is C56H93O11P. The van der Waals surface area contributed by atoms with E-state index < -0.39 is 57.8 Å². The van der Waals surface area contributed by atoms with Crippen molar-refractivity contribution in [3.8, 4) is 0 Å². The van der Waals surface area contributed by atoms with E-state index in [1.54, 1.807) is 0 Å². The maximum Gasteiger partial charge on any atom is 0.472 e. The number of ether oxygens (including phenoxy) is 3. The lowest BCUT2D eigenvalue weighted by Gasteiger charge is -2.21. The molecule has 0 aromatic heterocycles. The second-order valence-corrected chi connectivity index (χ2v) is 18.4. The van der Waals surface area contributed by atoms with E-state index in [9.17, 15) is 28.9 Å². The van der Waals surface area contributed by atoms with Gasteiger partial charge < -0.3 is 24.2 Å². The van der Waals surface area contributed by atoms with Crippen molar-refractivity contribution < 1.29 is 52.2 Å². The highest BCUT2D eigenvalue weighted by Gasteiger charge is 2.28. The molecule has 0 spiro atoms. The predicted molar refractivity (Wildman–Crippen MR) is 279 cm³/mol. The fourth-order valence-electron chi connectivity index (χ4n) is 6.57. The van der Waals surface area contributed by atoms with Gasteiger partial charge in [0, 0.05) is 19.3 Å². The number of carbonyl (C=O) groups excluding carboxylic acids is 3. The molecule has 0 aromatic carbocycles. The maximum atomic E-state index is 12.8. The second-order valence-electron chi connectivity index (χ2n) is 16.9. The van der Waals surface area contributed by atoms with Crippen LogP contribution in [-0.2, 0) is 42.2 Å². The zero-order chi connectivity index (χ0) is 49.9. The number of aliphatic hydroxyl groups excluding tert-OH is 1. The lowest BCUT2D eigenvalue weighted by molar-refractivity contribution is -0.161. The molecule has 0 heterocycles. The Labute approximate surface area is 412 Å². The van der Waals surface area contributed by atoms with Crippen molar-refractivity contribution >= 4 is 25.7 Å². The van der Waals surface area contributed by atoms with E-state index >= 15 is 0 Å². The third kappa shape index (κ3) is 47.5. The molecule has 0 bridgehead atoms. The first kappa shape index (κ1) is 64.4. The minimum atomic E-state index is -4.76. The van der Waals surface area contributed by atoms with Crippen LogP contribution in [0.15, 0.2) is 97.2 Å². The first-order chi connectivity index (χ1) is 33.2. The van der Waals surface area contributed by atoms with Crippen LogP contribution in [0.5, 0.6) is 0 Å². The van der Waals surface area contributed by atoms with Gasteiger partial charge in [0.2, 0.25) is 0 Å². The summed E-state index contributed by atoms with van der Waals surface area (Å²) in [6.45, 7) is 4.29. The molecule has 0 aliphatic heterocycles. The second kappa shape index (κ2) is 49.8. The summed E-state index contributed by atoms with van der Waals surface area (Å²) in [5, 5.41) is 9.74. The third-order valence-electron chi connectivity index (χ3n) is 10.5. The van der Waals surface area contributed by atoms with Gasteiger partial charge in [0.15, 0.2) is 6.10 Å². The molecule has 0 radical (unpaired) electrons. The number of allylic oxidation sites excluding steroid dienone is 16. The summed E-state index contributed by atoms with van der Waals surface area (Å²) in [6.07, 6.45) is 56.8. The molecule has 3 unspecified atom stereocenters. The number of hydrogen-bond acceptors (Lipinski definition) is 10. The molecule has 0 amide bonds. The van der Waals surface area contributed by atoms with E-state index in [1.165, 1.54) is 32.1 Å². The van der Waals surface area contributed by atoms with Crippen molar-refractivity contribution in [2.75, 3.05) is 26.4 Å². The van der Waals surface area contributed by atoms with Crippen molar-refractivity contribution in [2.45, 2.75) is 213 Å². The topological polar surface area (TPSA) is 155 Å². The van der Waals surface area contributed by atoms with Crippen molar-refractivity contribution in [1.29, 1.82) is 0 Å². The highest BCUT2D eigenvalue weighted by molar-refractivity contribution is 7.47. The molecule has 388 valence electrons. The van der Waals surface area contributed by atoms with E-state index in [-0.39, 0.29) is 25.9 Å². The van der Waals surface area contributed by atoms with Crippen LogP contribution in [0.25, 0.3) is 0 Å². The monoisotopic (exact) mass is 973 g/mol. The van der Waals surface area contributed by atoms with Crippen molar-refractivity contribution in [3.05, 3.63) is 97.2 Å². The summed E-state index contributed by atoms with van der Waals surface area (Å²) in [4.78, 5) is 48.2. The van der Waals surface area contributed by atoms with Gasteiger partial charge in [0.25, 0.3) is 0 Å². The van der Waals surface area contributed by atoms with E-state index in [2.05, 4.69) is 118 Å². The minimum absolute atomic E-state index is 0.121. The molecule has 2 N–H and O–H groups in total. The normalized spacial score (nSPS) is 14.2. The number of esters is 3. The zero-order valence-electron chi connectivity index (χ0n) is 42.5. The van der Waals surface area contributed by atoms with Crippen molar-refractivity contribution in [3.63, 3.8) is 0 Å². The summed E-state index contributed by atoms with van der Waals surface area (Å²) in [5.41, 5.74) is 0. The maximum absolute atomic E-state index is 12.8. The van der Waals surface area contributed by atoms with Gasteiger partial charge in [0.05, 0.1) is 19.8 Å². The number of hydrogen-bond donors (Lipinski definition) is 2. The Kier molecular flexibility index (Phi) is 47.2. The third-order valence-corrected chi connectivity index (χ3v) is 11.5. The standard InChI is InChI=1S/C56H93O11P/c1-4-7-10-13-16-19-21-23-24-25-26-27-28-30-31-34-36-39-42-45-54(58)63-49-53(67-56(60)47-44-41-38-35-32-29-22-20-17-14-11-8-5-2)51-65-68(61,62)64-50-52(48-57)66-55(59)46-43-40-37-33-18-15-12-9-6-3/h7-8,10-11,16-17,19-20,23-24,26-27,29-32,52-53,57H,4-6,9,12-15,18,21-22,25,28,33-51H2,1-3H3,(H,61,62)/b10-7-,11-8-,19-16-,20-17-,24-23-,27-26-,31-30-,32-29-. The summed E-state index contributed by atoms with van der Waals surface area (Å²) in [6, 6.07) is 0. The van der Waals surface area contributed by atoms with Crippen LogP contribution in [-0.4, -0.2) is 66.5 Å². The van der Waals surface area contributed by atoms with E-state index in [4.69, 9.17) is 23.3 Å². The molecule has 0 aliphatic rings. The summed E-state index contributed by atoms with van der Waals surface area (Å²) in [5.74, 6) is -1.55. The number of phosphoric acid groups is 1. The number of phosphoric ester groups is 1. The minimum Gasteiger partial charge on any atom is -0.462 e. The molecule has 0 aliphatic carbocycles. The predicted octanol–water partition coefficient (Wildman–Crippen LogP) is 14.9. The largest absolute Gasteiger partial charge is 0.472 e. The highest BCUT2D eigenvalue weighted by atomic mass is 31.2. The molecule has 0 saturated heterocycles. The Hall–Kier alpha value is -3.60. The molecule has 0 saturated carbocycles. The SMILES string of the molecule is CC/C=C\C/C=C\C/C=C\C/C=C\C/C=C\CCCCCC(=O)OCC(COP(=O)(O)OCC(CO)OC(=O)CCCCCCCCCCC)OC(=O)CCCCC/C=C\C/C=C\C/C=C\CC. The van der Waals surface area contributed by atoms with Gasteiger partial charge in [-0.2, -0.15) is 0 Å². The first-order valence-electron chi connectivity index (χ1n) is 26.1. The number of rotatable bonds is 47. The van der Waals surface area contributed by atoms with Crippen LogP contribution in [0.4, 0.5) is 0 Å². The molecule has 0 fully saturated rings. The fourth-order valence-corrected chi connectivity index (χ4v) is 7.36. The van der Waals surface area contributed by atoms with E-state index in [0.29, 0.717) is 19.3 Å². The van der Waals surface area contributed by atoms with E-state index in [0.717, 1.165) is 109 Å². The van der Waals surface area contributed by atoms with Crippen molar-refractivity contribution in [1.82, 2.24) is 0 Å².